The Hall–Kier alpha value is -0.300. The monoisotopic (exact) mass is 294 g/mol. The highest BCUT2D eigenvalue weighted by Gasteiger charge is 2.02. The molecule has 0 aliphatic rings. The summed E-state index contributed by atoms with van der Waals surface area (Å²) in [6.45, 7) is 4.57. The Balaban J connectivity index is 1.93. The summed E-state index contributed by atoms with van der Waals surface area (Å²) in [7, 11) is 0. The Morgan fingerprint density at radius 1 is 0.600 bits per heavy atom. The van der Waals surface area contributed by atoms with Gasteiger partial charge in [-0.2, -0.15) is 11.3 Å². The summed E-state index contributed by atoms with van der Waals surface area (Å²) in [4.78, 5) is 0. The van der Waals surface area contributed by atoms with Crippen LogP contribution in [0.3, 0.4) is 0 Å². The van der Waals surface area contributed by atoms with E-state index in [9.17, 15) is 0 Å². The van der Waals surface area contributed by atoms with Gasteiger partial charge in [0.25, 0.3) is 0 Å². The maximum atomic E-state index is 2.37. The Morgan fingerprint density at radius 2 is 1.10 bits per heavy atom. The fourth-order valence-corrected chi connectivity index (χ4v) is 3.80. The van der Waals surface area contributed by atoms with Crippen LogP contribution in [0.5, 0.6) is 0 Å². The molecule has 0 bridgehead atoms. The van der Waals surface area contributed by atoms with Crippen molar-refractivity contribution in [3.8, 4) is 0 Å². The molecule has 0 amide bonds. The van der Waals surface area contributed by atoms with Crippen LogP contribution in [0.4, 0.5) is 0 Å². The van der Waals surface area contributed by atoms with Gasteiger partial charge in [-0.25, -0.2) is 0 Å². The van der Waals surface area contributed by atoms with E-state index in [1.54, 1.807) is 11.1 Å². The van der Waals surface area contributed by atoms with Crippen LogP contribution in [0, 0.1) is 0 Å². The lowest BCUT2D eigenvalue weighted by molar-refractivity contribution is 0.556. The molecule has 1 heteroatoms. The predicted octanol–water partition coefficient (Wildman–Crippen LogP) is 7.16. The second kappa shape index (κ2) is 12.4. The highest BCUT2D eigenvalue weighted by atomic mass is 32.1. The summed E-state index contributed by atoms with van der Waals surface area (Å²) in [6, 6.07) is 0. The van der Waals surface area contributed by atoms with Crippen molar-refractivity contribution in [1.82, 2.24) is 0 Å². The second-order valence-corrected chi connectivity index (χ2v) is 6.85. The van der Waals surface area contributed by atoms with Crippen LogP contribution in [0.1, 0.15) is 95.6 Å². The van der Waals surface area contributed by atoms with Gasteiger partial charge < -0.3 is 0 Å². The zero-order valence-electron chi connectivity index (χ0n) is 13.8. The van der Waals surface area contributed by atoms with Gasteiger partial charge in [0.1, 0.15) is 0 Å². The molecule has 0 aliphatic heterocycles. The number of unbranched alkanes of at least 4 members (excludes halogenated alkanes) is 9. The lowest BCUT2D eigenvalue weighted by Crippen LogP contribution is -1.90. The van der Waals surface area contributed by atoms with E-state index in [2.05, 4.69) is 24.6 Å². The van der Waals surface area contributed by atoms with Gasteiger partial charge in [0.15, 0.2) is 0 Å². The minimum Gasteiger partial charge on any atom is -0.152 e. The lowest BCUT2D eigenvalue weighted by atomic mass is 10.0. The molecule has 1 rings (SSSR count). The number of thiophene rings is 1. The first-order valence-corrected chi connectivity index (χ1v) is 9.86. The van der Waals surface area contributed by atoms with E-state index in [0.29, 0.717) is 0 Å². The number of aryl methyl sites for hydroxylation is 2. The van der Waals surface area contributed by atoms with Gasteiger partial charge in [0.05, 0.1) is 0 Å². The van der Waals surface area contributed by atoms with Crippen LogP contribution in [0.2, 0.25) is 0 Å². The average molecular weight is 295 g/mol. The van der Waals surface area contributed by atoms with Gasteiger partial charge in [-0.05, 0) is 41.1 Å². The van der Waals surface area contributed by atoms with E-state index in [1.807, 2.05) is 11.3 Å². The smallest absolute Gasteiger partial charge is 0.00584 e. The maximum Gasteiger partial charge on any atom is -0.00584 e. The van der Waals surface area contributed by atoms with Crippen LogP contribution >= 0.6 is 11.3 Å². The molecule has 116 valence electrons. The summed E-state index contributed by atoms with van der Waals surface area (Å²) in [5, 5.41) is 4.73. The molecule has 0 nitrogen and oxygen atoms in total. The summed E-state index contributed by atoms with van der Waals surface area (Å²) in [6.07, 6.45) is 18.2. The third-order valence-corrected chi connectivity index (χ3v) is 4.99. The van der Waals surface area contributed by atoms with E-state index in [-0.39, 0.29) is 0 Å². The van der Waals surface area contributed by atoms with Crippen molar-refractivity contribution >= 4 is 11.3 Å². The van der Waals surface area contributed by atoms with Crippen molar-refractivity contribution in [2.75, 3.05) is 0 Å². The lowest BCUT2D eigenvalue weighted by Gasteiger charge is -2.04. The van der Waals surface area contributed by atoms with Gasteiger partial charge in [-0.3, -0.25) is 0 Å². The third kappa shape index (κ3) is 8.09. The summed E-state index contributed by atoms with van der Waals surface area (Å²) >= 11 is 1.89. The topological polar surface area (TPSA) is 0 Å². The van der Waals surface area contributed by atoms with Gasteiger partial charge in [0.2, 0.25) is 0 Å². The molecule has 0 spiro atoms. The second-order valence-electron chi connectivity index (χ2n) is 6.10. The molecule has 1 aromatic heterocycles. The Kier molecular flexibility index (Phi) is 11.0. The normalized spacial score (nSPS) is 11.1. The van der Waals surface area contributed by atoms with Crippen molar-refractivity contribution in [2.24, 2.45) is 0 Å². The molecule has 1 aromatic rings. The standard InChI is InChI=1S/C19H34S/c1-3-5-6-7-8-9-10-11-12-13-15-19-17-20-16-18(19)14-4-2/h16-17H,3-15H2,1-2H3. The largest absolute Gasteiger partial charge is 0.152 e. The maximum absolute atomic E-state index is 2.37. The Bertz CT molecular complexity index is 313. The number of hydrogen-bond donors (Lipinski definition) is 0. The van der Waals surface area contributed by atoms with E-state index < -0.39 is 0 Å². The molecular weight excluding hydrogens is 260 g/mol. The minimum absolute atomic E-state index is 1.27. The van der Waals surface area contributed by atoms with Gasteiger partial charge in [-0.1, -0.05) is 78.1 Å². The Labute approximate surface area is 131 Å². The van der Waals surface area contributed by atoms with Crippen LogP contribution < -0.4 is 0 Å². The highest BCUT2D eigenvalue weighted by Crippen LogP contribution is 2.20. The quantitative estimate of drug-likeness (QED) is 0.338. The molecule has 0 saturated carbocycles. The molecule has 0 saturated heterocycles. The highest BCUT2D eigenvalue weighted by molar-refractivity contribution is 7.08. The van der Waals surface area contributed by atoms with E-state index >= 15 is 0 Å². The van der Waals surface area contributed by atoms with Crippen molar-refractivity contribution < 1.29 is 0 Å². The van der Waals surface area contributed by atoms with Crippen molar-refractivity contribution in [1.29, 1.82) is 0 Å². The summed E-state index contributed by atoms with van der Waals surface area (Å²) in [5.74, 6) is 0. The summed E-state index contributed by atoms with van der Waals surface area (Å²) < 4.78 is 0. The molecule has 0 unspecified atom stereocenters. The van der Waals surface area contributed by atoms with Gasteiger partial charge in [0, 0.05) is 0 Å². The fraction of sp³-hybridized carbons (Fsp3) is 0.789. The first-order valence-electron chi connectivity index (χ1n) is 8.92. The first-order chi connectivity index (χ1) is 9.88. The van der Waals surface area contributed by atoms with E-state index in [4.69, 9.17) is 0 Å². The van der Waals surface area contributed by atoms with Crippen molar-refractivity contribution in [2.45, 2.75) is 97.3 Å². The molecule has 1 heterocycles. The van der Waals surface area contributed by atoms with E-state index in [0.717, 1.165) is 0 Å². The molecule has 0 aliphatic carbocycles. The predicted molar refractivity (Wildman–Crippen MR) is 93.9 cm³/mol. The van der Waals surface area contributed by atoms with Gasteiger partial charge >= 0.3 is 0 Å². The van der Waals surface area contributed by atoms with Gasteiger partial charge in [-0.15, -0.1) is 0 Å². The average Bonchev–Trinajstić information content (AvgIpc) is 2.89. The van der Waals surface area contributed by atoms with Crippen LogP contribution in [-0.2, 0) is 12.8 Å². The third-order valence-electron chi connectivity index (χ3n) is 4.15. The zero-order valence-corrected chi connectivity index (χ0v) is 14.6. The zero-order chi connectivity index (χ0) is 14.5. The molecule has 0 fully saturated rings. The minimum atomic E-state index is 1.27. The Morgan fingerprint density at radius 3 is 1.65 bits per heavy atom. The molecular formula is C19H34S. The SMILES string of the molecule is CCCCCCCCCCCCc1cscc1CCC. The van der Waals surface area contributed by atoms with Crippen LogP contribution in [-0.4, -0.2) is 0 Å². The number of hydrogen-bond acceptors (Lipinski definition) is 1. The molecule has 0 N–H and O–H groups in total. The molecule has 0 atom stereocenters. The fourth-order valence-electron chi connectivity index (χ4n) is 2.86. The molecule has 20 heavy (non-hydrogen) atoms. The van der Waals surface area contributed by atoms with Crippen LogP contribution in [0.25, 0.3) is 0 Å². The first kappa shape index (κ1) is 17.8. The molecule has 0 radical (unpaired) electrons. The summed E-state index contributed by atoms with van der Waals surface area (Å²) in [5.41, 5.74) is 3.25. The van der Waals surface area contributed by atoms with E-state index in [1.165, 1.54) is 83.5 Å². The van der Waals surface area contributed by atoms with Crippen LogP contribution in [0.15, 0.2) is 10.8 Å². The van der Waals surface area contributed by atoms with Crippen molar-refractivity contribution in [3.63, 3.8) is 0 Å². The molecule has 0 aromatic carbocycles. The van der Waals surface area contributed by atoms with Crippen molar-refractivity contribution in [3.05, 3.63) is 21.9 Å². The number of rotatable bonds is 13.